The largest absolute Gasteiger partial charge is 0.304 e. The normalized spacial score (nSPS) is 11.4. The molecule has 0 aliphatic carbocycles. The van der Waals surface area contributed by atoms with Crippen molar-refractivity contribution in [3.05, 3.63) is 71.8 Å². The van der Waals surface area contributed by atoms with Gasteiger partial charge < -0.3 is 4.90 Å². The van der Waals surface area contributed by atoms with Gasteiger partial charge in [-0.3, -0.25) is 0 Å². The number of nitrogens with zero attached hydrogens (tertiary/aromatic N) is 1. The van der Waals surface area contributed by atoms with Crippen LogP contribution in [0.2, 0.25) is 0 Å². The molecule has 0 fully saturated rings. The van der Waals surface area contributed by atoms with E-state index in [1.807, 2.05) is 0 Å². The van der Waals surface area contributed by atoms with Gasteiger partial charge in [-0.15, -0.1) is 0 Å². The molecule has 0 aliphatic heterocycles. The molecule has 0 bridgehead atoms. The molecule has 0 saturated carbocycles. The second-order valence-electron chi connectivity index (χ2n) is 7.08. The van der Waals surface area contributed by atoms with E-state index in [0.717, 1.165) is 5.92 Å². The summed E-state index contributed by atoms with van der Waals surface area (Å²) < 4.78 is 0. The monoisotopic (exact) mass is 337 g/mol. The minimum Gasteiger partial charge on any atom is -0.304 e. The summed E-state index contributed by atoms with van der Waals surface area (Å²) >= 11 is 0. The Kier molecular flexibility index (Phi) is 9.36. The summed E-state index contributed by atoms with van der Waals surface area (Å²) in [5, 5.41) is 0. The minimum absolute atomic E-state index is 0.830. The molecule has 2 aromatic carbocycles. The number of aryl methyl sites for hydroxylation is 2. The lowest BCUT2D eigenvalue weighted by molar-refractivity contribution is 0.280. The number of hydrogen-bond acceptors (Lipinski definition) is 1. The summed E-state index contributed by atoms with van der Waals surface area (Å²) in [4.78, 5) is 2.55. The highest BCUT2D eigenvalue weighted by Crippen LogP contribution is 2.21. The smallest absolute Gasteiger partial charge is 0.00189 e. The zero-order valence-corrected chi connectivity index (χ0v) is 16.2. The number of benzene rings is 2. The third-order valence-electron chi connectivity index (χ3n) is 5.35. The molecule has 1 heteroatoms. The van der Waals surface area contributed by atoms with Crippen molar-refractivity contribution in [2.24, 2.45) is 5.92 Å². The Bertz CT molecular complexity index is 501. The zero-order chi connectivity index (χ0) is 17.7. The van der Waals surface area contributed by atoms with Crippen LogP contribution in [0, 0.1) is 5.92 Å². The molecular weight excluding hydrogens is 302 g/mol. The standard InChI is InChI=1S/C24H35N/c1-3-25(4-2)21-11-16-24(19-17-22-12-7-5-8-13-22)20-18-23-14-9-6-10-15-23/h5-10,12-15,24H,3-4,11,16-21H2,1-2H3. The van der Waals surface area contributed by atoms with E-state index in [1.54, 1.807) is 0 Å². The molecule has 1 nitrogen and oxygen atoms in total. The van der Waals surface area contributed by atoms with Gasteiger partial charge in [-0.25, -0.2) is 0 Å². The van der Waals surface area contributed by atoms with E-state index >= 15 is 0 Å². The van der Waals surface area contributed by atoms with Gasteiger partial charge in [-0.05, 0) is 75.2 Å². The van der Waals surface area contributed by atoms with Crippen molar-refractivity contribution in [1.29, 1.82) is 0 Å². The summed E-state index contributed by atoms with van der Waals surface area (Å²) in [5.41, 5.74) is 2.96. The van der Waals surface area contributed by atoms with Crippen molar-refractivity contribution >= 4 is 0 Å². The average Bonchev–Trinajstić information content (AvgIpc) is 2.68. The molecule has 0 aliphatic rings. The Labute approximate surface area is 155 Å². The van der Waals surface area contributed by atoms with Gasteiger partial charge in [-0.1, -0.05) is 74.5 Å². The second kappa shape index (κ2) is 11.9. The first-order valence-corrected chi connectivity index (χ1v) is 10.1. The second-order valence-corrected chi connectivity index (χ2v) is 7.08. The van der Waals surface area contributed by atoms with Crippen LogP contribution in [0.5, 0.6) is 0 Å². The molecule has 2 aromatic rings. The van der Waals surface area contributed by atoms with Gasteiger partial charge in [0.05, 0.1) is 0 Å². The van der Waals surface area contributed by atoms with E-state index in [2.05, 4.69) is 79.4 Å². The van der Waals surface area contributed by atoms with E-state index in [-0.39, 0.29) is 0 Å². The van der Waals surface area contributed by atoms with E-state index < -0.39 is 0 Å². The molecule has 0 aromatic heterocycles. The molecule has 25 heavy (non-hydrogen) atoms. The van der Waals surface area contributed by atoms with Crippen molar-refractivity contribution in [3.8, 4) is 0 Å². The zero-order valence-electron chi connectivity index (χ0n) is 16.2. The van der Waals surface area contributed by atoms with Crippen LogP contribution in [-0.4, -0.2) is 24.5 Å². The molecule has 0 N–H and O–H groups in total. The summed E-state index contributed by atoms with van der Waals surface area (Å²) in [6, 6.07) is 21.9. The minimum atomic E-state index is 0.830. The highest BCUT2D eigenvalue weighted by atomic mass is 15.1. The van der Waals surface area contributed by atoms with Gasteiger partial charge in [0.1, 0.15) is 0 Å². The van der Waals surface area contributed by atoms with E-state index in [9.17, 15) is 0 Å². The molecule has 136 valence electrons. The van der Waals surface area contributed by atoms with Crippen LogP contribution in [0.4, 0.5) is 0 Å². The fourth-order valence-corrected chi connectivity index (χ4v) is 3.61. The molecule has 0 unspecified atom stereocenters. The van der Waals surface area contributed by atoms with Crippen LogP contribution in [-0.2, 0) is 12.8 Å². The van der Waals surface area contributed by atoms with Crippen LogP contribution >= 0.6 is 0 Å². The molecule has 0 radical (unpaired) electrons. The summed E-state index contributed by atoms with van der Waals surface area (Å²) in [6.07, 6.45) is 7.74. The highest BCUT2D eigenvalue weighted by molar-refractivity contribution is 5.15. The van der Waals surface area contributed by atoms with Crippen LogP contribution in [0.25, 0.3) is 0 Å². The first-order valence-electron chi connectivity index (χ1n) is 10.1. The molecule has 0 saturated heterocycles. The third kappa shape index (κ3) is 7.88. The summed E-state index contributed by atoms with van der Waals surface area (Å²) in [6.45, 7) is 8.14. The first kappa shape index (κ1) is 19.7. The Hall–Kier alpha value is -1.60. The molecule has 0 atom stereocenters. The lowest BCUT2D eigenvalue weighted by atomic mass is 9.89. The van der Waals surface area contributed by atoms with Gasteiger partial charge in [0.25, 0.3) is 0 Å². The molecule has 2 rings (SSSR count). The molecular formula is C24H35N. The molecule has 0 heterocycles. The van der Waals surface area contributed by atoms with Crippen LogP contribution in [0.3, 0.4) is 0 Å². The highest BCUT2D eigenvalue weighted by Gasteiger charge is 2.10. The quantitative estimate of drug-likeness (QED) is 0.460. The third-order valence-corrected chi connectivity index (χ3v) is 5.35. The van der Waals surface area contributed by atoms with E-state index in [0.29, 0.717) is 0 Å². The molecule has 0 spiro atoms. The number of rotatable bonds is 12. The van der Waals surface area contributed by atoms with Crippen LogP contribution in [0.1, 0.15) is 50.7 Å². The number of hydrogen-bond donors (Lipinski definition) is 0. The van der Waals surface area contributed by atoms with Crippen molar-refractivity contribution in [3.63, 3.8) is 0 Å². The SMILES string of the molecule is CCN(CC)CCCC(CCc1ccccc1)CCc1ccccc1. The summed E-state index contributed by atoms with van der Waals surface area (Å²) in [7, 11) is 0. The van der Waals surface area contributed by atoms with Gasteiger partial charge in [-0.2, -0.15) is 0 Å². The first-order chi connectivity index (χ1) is 12.3. The van der Waals surface area contributed by atoms with E-state index in [1.165, 1.54) is 69.3 Å². The van der Waals surface area contributed by atoms with Crippen molar-refractivity contribution in [1.82, 2.24) is 4.90 Å². The fraction of sp³-hybridized carbons (Fsp3) is 0.500. The maximum absolute atomic E-state index is 2.55. The Balaban J connectivity index is 1.83. The molecule has 0 amide bonds. The van der Waals surface area contributed by atoms with Gasteiger partial charge >= 0.3 is 0 Å². The topological polar surface area (TPSA) is 3.24 Å². The Morgan fingerprint density at radius 1 is 0.680 bits per heavy atom. The maximum Gasteiger partial charge on any atom is -0.00189 e. The van der Waals surface area contributed by atoms with Gasteiger partial charge in [0, 0.05) is 0 Å². The summed E-state index contributed by atoms with van der Waals surface area (Å²) in [5.74, 6) is 0.830. The average molecular weight is 338 g/mol. The van der Waals surface area contributed by atoms with Crippen molar-refractivity contribution < 1.29 is 0 Å². The Morgan fingerprint density at radius 3 is 1.60 bits per heavy atom. The van der Waals surface area contributed by atoms with Crippen LogP contribution in [0.15, 0.2) is 60.7 Å². The lowest BCUT2D eigenvalue weighted by Crippen LogP contribution is -2.24. The van der Waals surface area contributed by atoms with Crippen LogP contribution < -0.4 is 0 Å². The predicted molar refractivity (Wildman–Crippen MR) is 110 cm³/mol. The fourth-order valence-electron chi connectivity index (χ4n) is 3.61. The van der Waals surface area contributed by atoms with E-state index in [4.69, 9.17) is 0 Å². The van der Waals surface area contributed by atoms with Crippen molar-refractivity contribution in [2.45, 2.75) is 52.4 Å². The maximum atomic E-state index is 2.55. The predicted octanol–water partition coefficient (Wildman–Crippen LogP) is 5.99. The van der Waals surface area contributed by atoms with Crippen molar-refractivity contribution in [2.75, 3.05) is 19.6 Å². The lowest BCUT2D eigenvalue weighted by Gasteiger charge is -2.21. The van der Waals surface area contributed by atoms with Gasteiger partial charge in [0.2, 0.25) is 0 Å². The Morgan fingerprint density at radius 2 is 1.16 bits per heavy atom. The van der Waals surface area contributed by atoms with Gasteiger partial charge in [0.15, 0.2) is 0 Å².